The molecule has 228 valence electrons. The van der Waals surface area contributed by atoms with Crippen molar-refractivity contribution in [3.05, 3.63) is 87.0 Å². The number of anilines is 1. The van der Waals surface area contributed by atoms with Crippen molar-refractivity contribution in [2.75, 3.05) is 44.4 Å². The molecule has 0 amide bonds. The second kappa shape index (κ2) is 20.3. The van der Waals surface area contributed by atoms with Gasteiger partial charge < -0.3 is 31.4 Å². The molecule has 0 spiro atoms. The summed E-state index contributed by atoms with van der Waals surface area (Å²) in [6.07, 6.45) is 17.1. The lowest BCUT2D eigenvalue weighted by atomic mass is 10.2. The van der Waals surface area contributed by atoms with E-state index >= 15 is 0 Å². The Morgan fingerprint density at radius 3 is 1.40 bits per heavy atom. The first-order valence-electron chi connectivity index (χ1n) is 14.8. The molecule has 1 heterocycles. The van der Waals surface area contributed by atoms with Crippen molar-refractivity contribution in [2.45, 2.75) is 51.4 Å². The second-order valence-electron chi connectivity index (χ2n) is 9.83. The molecule has 0 saturated carbocycles. The third-order valence-corrected chi connectivity index (χ3v) is 6.60. The molecule has 0 saturated heterocycles. The van der Waals surface area contributed by atoms with Crippen LogP contribution in [0.25, 0.3) is 0 Å². The number of hydrogen-bond donors (Lipinski definition) is 0. The van der Waals surface area contributed by atoms with Crippen LogP contribution in [-0.4, -0.2) is 50.4 Å². The van der Waals surface area contributed by atoms with Crippen LogP contribution in [0.5, 0.6) is 23.0 Å². The molecule has 1 aliphatic heterocycles. The standard InChI is InChI=1S/C35H47N2O4.ClH/c1-5-9-13-25-38-30-19-17-20-31(39-26-14-10-6-2)34(30)36-23-24-37(29-36)35-32(40-27-15-11-7-3)21-18-22-33(35)41-28-16-12-8-4;/h5-8,17-22,29H,1-4,9-16,23-28H2;1H/q+1;/p-1. The second-order valence-corrected chi connectivity index (χ2v) is 9.83. The zero-order valence-electron chi connectivity index (χ0n) is 25.0. The number of nitrogens with zero attached hydrogens (tertiary/aromatic N) is 2. The zero-order valence-corrected chi connectivity index (χ0v) is 25.7. The summed E-state index contributed by atoms with van der Waals surface area (Å²) in [5.41, 5.74) is 1.87. The number of hydrogen-bond acceptors (Lipinski definition) is 5. The minimum Gasteiger partial charge on any atom is -1.00 e. The largest absolute Gasteiger partial charge is 1.00 e. The molecule has 0 aromatic heterocycles. The first-order chi connectivity index (χ1) is 20.2. The quantitative estimate of drug-likeness (QED) is 0.106. The Balaban J connectivity index is 0.00000616. The van der Waals surface area contributed by atoms with Crippen molar-refractivity contribution in [3.8, 4) is 23.0 Å². The third kappa shape index (κ3) is 10.6. The molecule has 3 rings (SSSR count). The van der Waals surface area contributed by atoms with Gasteiger partial charge in [0.1, 0.15) is 13.1 Å². The van der Waals surface area contributed by atoms with E-state index in [2.05, 4.69) is 42.1 Å². The number of unbranched alkanes of at least 4 members (excludes halogenated alkanes) is 4. The molecule has 2 aromatic rings. The molecule has 0 aliphatic carbocycles. The van der Waals surface area contributed by atoms with Gasteiger partial charge in [0.2, 0.25) is 17.7 Å². The summed E-state index contributed by atoms with van der Waals surface area (Å²) in [5.74, 6) is 3.23. The fourth-order valence-corrected chi connectivity index (χ4v) is 4.51. The number of halogens is 1. The summed E-state index contributed by atoms with van der Waals surface area (Å²) in [5, 5.41) is 0. The van der Waals surface area contributed by atoms with Gasteiger partial charge in [-0.1, -0.05) is 36.4 Å². The molecule has 0 unspecified atom stereocenters. The molecule has 0 N–H and O–H groups in total. The van der Waals surface area contributed by atoms with E-state index in [1.54, 1.807) is 0 Å². The first-order valence-corrected chi connectivity index (χ1v) is 14.8. The van der Waals surface area contributed by atoms with Gasteiger partial charge in [0, 0.05) is 0 Å². The summed E-state index contributed by atoms with van der Waals surface area (Å²) < 4.78 is 27.3. The highest BCUT2D eigenvalue weighted by Gasteiger charge is 2.32. The lowest BCUT2D eigenvalue weighted by molar-refractivity contribution is -0.425. The molecule has 0 atom stereocenters. The van der Waals surface area contributed by atoms with Crippen molar-refractivity contribution >= 4 is 17.7 Å². The number of ether oxygens (including phenoxy) is 4. The van der Waals surface area contributed by atoms with Crippen LogP contribution in [0.4, 0.5) is 11.4 Å². The van der Waals surface area contributed by atoms with Crippen molar-refractivity contribution in [1.29, 1.82) is 0 Å². The van der Waals surface area contributed by atoms with E-state index in [-0.39, 0.29) is 12.4 Å². The Kier molecular flexibility index (Phi) is 16.7. The summed E-state index contributed by atoms with van der Waals surface area (Å²) in [6.45, 7) is 19.3. The van der Waals surface area contributed by atoms with Crippen LogP contribution in [0.1, 0.15) is 51.4 Å². The summed E-state index contributed by atoms with van der Waals surface area (Å²) in [4.78, 5) is 2.21. The van der Waals surface area contributed by atoms with Crippen molar-refractivity contribution in [1.82, 2.24) is 0 Å². The van der Waals surface area contributed by atoms with Crippen LogP contribution in [0.2, 0.25) is 0 Å². The van der Waals surface area contributed by atoms with Crippen LogP contribution in [0.3, 0.4) is 0 Å². The molecule has 42 heavy (non-hydrogen) atoms. The van der Waals surface area contributed by atoms with E-state index in [9.17, 15) is 0 Å². The fraction of sp³-hybridized carbons (Fsp3) is 0.400. The lowest BCUT2D eigenvalue weighted by Gasteiger charge is -2.17. The highest BCUT2D eigenvalue weighted by atomic mass is 35.5. The van der Waals surface area contributed by atoms with Crippen LogP contribution in [-0.2, 0) is 0 Å². The van der Waals surface area contributed by atoms with Gasteiger partial charge in [0.15, 0.2) is 23.0 Å². The summed E-state index contributed by atoms with van der Waals surface area (Å²) in [6, 6.07) is 12.0. The van der Waals surface area contributed by atoms with Crippen LogP contribution >= 0.6 is 0 Å². The SMILES string of the molecule is C=CCCCOc1cccc(OCCCC=C)c1N1C=[N+](c2c(OCCCC=C)cccc2OCCCC=C)CC1.[Cl-]. The Morgan fingerprint density at radius 2 is 1.00 bits per heavy atom. The van der Waals surface area contributed by atoms with Crippen LogP contribution in [0, 0.1) is 0 Å². The predicted octanol–water partition coefficient (Wildman–Crippen LogP) is 5.26. The van der Waals surface area contributed by atoms with Crippen molar-refractivity contribution in [3.63, 3.8) is 0 Å². The van der Waals surface area contributed by atoms with Gasteiger partial charge in [0.25, 0.3) is 0 Å². The van der Waals surface area contributed by atoms with Gasteiger partial charge in [-0.3, -0.25) is 0 Å². The van der Waals surface area contributed by atoms with E-state index < -0.39 is 0 Å². The normalized spacial score (nSPS) is 12.1. The average molecular weight is 595 g/mol. The van der Waals surface area contributed by atoms with Gasteiger partial charge in [-0.25, -0.2) is 9.48 Å². The molecule has 0 bridgehead atoms. The Hall–Kier alpha value is -3.64. The highest BCUT2D eigenvalue weighted by molar-refractivity contribution is 5.85. The molecule has 0 radical (unpaired) electrons. The average Bonchev–Trinajstić information content (AvgIpc) is 3.47. The van der Waals surface area contributed by atoms with Crippen molar-refractivity contribution < 1.29 is 35.9 Å². The molecular formula is C35H47ClN2O4. The lowest BCUT2D eigenvalue weighted by Crippen LogP contribution is -3.00. The number of allylic oxidation sites excluding steroid dienone is 4. The summed E-state index contributed by atoms with van der Waals surface area (Å²) in [7, 11) is 0. The number of para-hydroxylation sites is 2. The number of benzene rings is 2. The van der Waals surface area contributed by atoms with Gasteiger partial charge in [-0.15, -0.1) is 26.3 Å². The Morgan fingerprint density at radius 1 is 0.619 bits per heavy atom. The minimum atomic E-state index is 0. The van der Waals surface area contributed by atoms with Gasteiger partial charge in [-0.2, -0.15) is 0 Å². The maximum atomic E-state index is 6.27. The maximum Gasteiger partial charge on any atom is 0.245 e. The predicted molar refractivity (Wildman–Crippen MR) is 171 cm³/mol. The molecule has 0 fully saturated rings. The Labute approximate surface area is 259 Å². The molecule has 6 nitrogen and oxygen atoms in total. The Bertz CT molecular complexity index is 1100. The van der Waals surface area contributed by atoms with Gasteiger partial charge in [0.05, 0.1) is 26.4 Å². The van der Waals surface area contributed by atoms with Gasteiger partial charge >= 0.3 is 0 Å². The molecule has 1 aliphatic rings. The monoisotopic (exact) mass is 594 g/mol. The van der Waals surface area contributed by atoms with E-state index in [1.807, 2.05) is 60.7 Å². The summed E-state index contributed by atoms with van der Waals surface area (Å²) >= 11 is 0. The van der Waals surface area contributed by atoms with Crippen LogP contribution < -0.4 is 36.3 Å². The molecule has 2 aromatic carbocycles. The van der Waals surface area contributed by atoms with E-state index in [4.69, 9.17) is 18.9 Å². The first kappa shape index (κ1) is 34.6. The van der Waals surface area contributed by atoms with Crippen molar-refractivity contribution in [2.24, 2.45) is 0 Å². The third-order valence-electron chi connectivity index (χ3n) is 6.60. The minimum absolute atomic E-state index is 0. The van der Waals surface area contributed by atoms with Crippen LogP contribution in [0.15, 0.2) is 87.0 Å². The number of rotatable bonds is 22. The molecular weight excluding hydrogens is 548 g/mol. The topological polar surface area (TPSA) is 43.2 Å². The van der Waals surface area contributed by atoms with E-state index in [0.717, 1.165) is 98.8 Å². The zero-order chi connectivity index (χ0) is 29.1. The van der Waals surface area contributed by atoms with Gasteiger partial charge in [-0.05, 0) is 75.6 Å². The smallest absolute Gasteiger partial charge is 0.245 e. The fourth-order valence-electron chi connectivity index (χ4n) is 4.51. The maximum absolute atomic E-state index is 6.27. The van der Waals surface area contributed by atoms with E-state index in [0.29, 0.717) is 26.4 Å². The molecule has 7 heteroatoms. The van der Waals surface area contributed by atoms with E-state index in [1.165, 1.54) is 0 Å². The highest BCUT2D eigenvalue weighted by Crippen LogP contribution is 2.41.